The zero-order chi connectivity index (χ0) is 18.4. The summed E-state index contributed by atoms with van der Waals surface area (Å²) < 4.78 is 16.8. The summed E-state index contributed by atoms with van der Waals surface area (Å²) in [5.74, 6) is 0.218. The van der Waals surface area contributed by atoms with E-state index in [1.165, 1.54) is 0 Å². The lowest BCUT2D eigenvalue weighted by molar-refractivity contribution is 0.0672. The highest BCUT2D eigenvalue weighted by atomic mass is 19.1. The lowest BCUT2D eigenvalue weighted by Gasteiger charge is -2.35. The van der Waals surface area contributed by atoms with Crippen molar-refractivity contribution >= 4 is 5.91 Å². The number of carbonyl (C=O) groups is 1. The number of imidazole rings is 1. The van der Waals surface area contributed by atoms with Gasteiger partial charge in [-0.15, -0.1) is 0 Å². The van der Waals surface area contributed by atoms with Crippen molar-refractivity contribution in [1.29, 1.82) is 0 Å². The van der Waals surface area contributed by atoms with Crippen molar-refractivity contribution in [2.45, 2.75) is 18.9 Å². The number of hydrogen-bond acceptors (Lipinski definition) is 2. The summed E-state index contributed by atoms with van der Waals surface area (Å²) in [5, 5.41) is 0. The Morgan fingerprint density at radius 1 is 1.04 bits per heavy atom. The molecule has 5 rings (SSSR count). The molecule has 3 aromatic rings. The fraction of sp³-hybridized carbons (Fsp3) is 0.273. The van der Waals surface area contributed by atoms with Crippen molar-refractivity contribution in [2.75, 3.05) is 13.1 Å². The Morgan fingerprint density at radius 2 is 1.81 bits per heavy atom. The van der Waals surface area contributed by atoms with Crippen molar-refractivity contribution < 1.29 is 9.18 Å². The molecule has 1 aromatic heterocycles. The van der Waals surface area contributed by atoms with Crippen LogP contribution in [-0.4, -0.2) is 33.4 Å². The predicted octanol–water partition coefficient (Wildman–Crippen LogP) is 4.14. The standard InChI is InChI=1S/C22H20FN3O/c23-18-8-4-7-17-19-13-24-14-26(19)21(20(17)18)15-9-11-25(12-10-15)22(27)16-5-2-1-3-6-16/h1-8,13-15,21H,9-12H2. The minimum atomic E-state index is -0.149. The zero-order valence-corrected chi connectivity index (χ0v) is 14.9. The van der Waals surface area contributed by atoms with Gasteiger partial charge in [-0.2, -0.15) is 0 Å². The molecule has 1 amide bonds. The first-order chi connectivity index (χ1) is 13.2. The van der Waals surface area contributed by atoms with Gasteiger partial charge in [-0.3, -0.25) is 4.79 Å². The third kappa shape index (κ3) is 2.57. The number of carbonyl (C=O) groups excluding carboxylic acids is 1. The molecule has 0 bridgehead atoms. The SMILES string of the molecule is O=C(c1ccccc1)N1CCC(C2c3c(F)cccc3-c3cncn32)CC1. The highest BCUT2D eigenvalue weighted by molar-refractivity contribution is 5.94. The number of likely N-dealkylation sites (tertiary alicyclic amines) is 1. The van der Waals surface area contributed by atoms with Gasteiger partial charge in [0, 0.05) is 29.8 Å². The van der Waals surface area contributed by atoms with Crippen molar-refractivity contribution in [3.05, 3.63) is 78.0 Å². The average molecular weight is 361 g/mol. The number of nitrogens with zero attached hydrogens (tertiary/aromatic N) is 3. The van der Waals surface area contributed by atoms with E-state index < -0.39 is 0 Å². The Balaban J connectivity index is 1.39. The molecule has 0 saturated carbocycles. The molecule has 0 spiro atoms. The molecule has 2 aliphatic heterocycles. The van der Waals surface area contributed by atoms with Crippen LogP contribution in [0.3, 0.4) is 0 Å². The van der Waals surface area contributed by atoms with Gasteiger partial charge < -0.3 is 9.47 Å². The van der Waals surface area contributed by atoms with Crippen LogP contribution in [0.1, 0.15) is 34.8 Å². The number of piperidine rings is 1. The van der Waals surface area contributed by atoms with Crippen LogP contribution in [0.4, 0.5) is 4.39 Å². The summed E-state index contributed by atoms with van der Waals surface area (Å²) in [7, 11) is 0. The molecular formula is C22H20FN3O. The maximum Gasteiger partial charge on any atom is 0.253 e. The lowest BCUT2D eigenvalue weighted by atomic mass is 9.85. The molecule has 1 saturated heterocycles. The molecule has 2 aromatic carbocycles. The monoisotopic (exact) mass is 361 g/mol. The molecular weight excluding hydrogens is 341 g/mol. The Labute approximate surface area is 157 Å². The maximum absolute atomic E-state index is 14.7. The smallest absolute Gasteiger partial charge is 0.253 e. The molecule has 136 valence electrons. The second-order valence-corrected chi connectivity index (χ2v) is 7.33. The number of rotatable bonds is 2. The van der Waals surface area contributed by atoms with Gasteiger partial charge in [0.25, 0.3) is 5.91 Å². The van der Waals surface area contributed by atoms with Gasteiger partial charge in [0.05, 0.1) is 24.3 Å². The molecule has 0 radical (unpaired) electrons. The van der Waals surface area contributed by atoms with Gasteiger partial charge in [0.1, 0.15) is 5.82 Å². The van der Waals surface area contributed by atoms with E-state index in [1.54, 1.807) is 18.5 Å². The van der Waals surface area contributed by atoms with Crippen LogP contribution in [0.2, 0.25) is 0 Å². The van der Waals surface area contributed by atoms with E-state index in [-0.39, 0.29) is 23.7 Å². The molecule has 1 fully saturated rings. The van der Waals surface area contributed by atoms with Crippen LogP contribution in [0.5, 0.6) is 0 Å². The van der Waals surface area contributed by atoms with Gasteiger partial charge in [-0.1, -0.05) is 30.3 Å². The number of aromatic nitrogens is 2. The highest BCUT2D eigenvalue weighted by Gasteiger charge is 2.38. The van der Waals surface area contributed by atoms with Crippen LogP contribution in [0.25, 0.3) is 11.3 Å². The lowest BCUT2D eigenvalue weighted by Crippen LogP contribution is -2.40. The summed E-state index contributed by atoms with van der Waals surface area (Å²) in [4.78, 5) is 18.9. The topological polar surface area (TPSA) is 38.1 Å². The summed E-state index contributed by atoms with van der Waals surface area (Å²) >= 11 is 0. The van der Waals surface area contributed by atoms with Crippen molar-refractivity contribution in [1.82, 2.24) is 14.5 Å². The van der Waals surface area contributed by atoms with Crippen LogP contribution in [0.15, 0.2) is 61.1 Å². The van der Waals surface area contributed by atoms with E-state index in [0.29, 0.717) is 13.1 Å². The number of hydrogen-bond donors (Lipinski definition) is 0. The number of benzene rings is 2. The Morgan fingerprint density at radius 3 is 2.59 bits per heavy atom. The number of halogens is 1. The number of amides is 1. The molecule has 2 aliphatic rings. The predicted molar refractivity (Wildman–Crippen MR) is 101 cm³/mol. The normalized spacial score (nSPS) is 19.0. The molecule has 4 nitrogen and oxygen atoms in total. The fourth-order valence-electron chi connectivity index (χ4n) is 4.58. The van der Waals surface area contributed by atoms with E-state index in [0.717, 1.165) is 35.2 Å². The van der Waals surface area contributed by atoms with Gasteiger partial charge in [-0.05, 0) is 37.0 Å². The largest absolute Gasteiger partial charge is 0.339 e. The molecule has 0 N–H and O–H groups in total. The first-order valence-corrected chi connectivity index (χ1v) is 9.39. The summed E-state index contributed by atoms with van der Waals surface area (Å²) in [5.41, 5.74) is 3.44. The van der Waals surface area contributed by atoms with Crippen molar-refractivity contribution in [2.24, 2.45) is 5.92 Å². The first-order valence-electron chi connectivity index (χ1n) is 9.39. The van der Waals surface area contributed by atoms with Crippen molar-refractivity contribution in [3.63, 3.8) is 0 Å². The Hall–Kier alpha value is -2.95. The first kappa shape index (κ1) is 16.2. The third-order valence-electron chi connectivity index (χ3n) is 5.88. The fourth-order valence-corrected chi connectivity index (χ4v) is 4.58. The minimum Gasteiger partial charge on any atom is -0.339 e. The van der Waals surface area contributed by atoms with Gasteiger partial charge in [-0.25, -0.2) is 9.37 Å². The van der Waals surface area contributed by atoms with Crippen LogP contribution >= 0.6 is 0 Å². The quantitative estimate of drug-likeness (QED) is 0.688. The van der Waals surface area contributed by atoms with E-state index in [2.05, 4.69) is 9.55 Å². The second kappa shape index (κ2) is 6.34. The highest BCUT2D eigenvalue weighted by Crippen LogP contribution is 2.46. The zero-order valence-electron chi connectivity index (χ0n) is 14.9. The van der Waals surface area contributed by atoms with Gasteiger partial charge in [0.2, 0.25) is 0 Å². The third-order valence-corrected chi connectivity index (χ3v) is 5.88. The van der Waals surface area contributed by atoms with E-state index in [9.17, 15) is 9.18 Å². The summed E-state index contributed by atoms with van der Waals surface area (Å²) in [6, 6.07) is 14.6. The van der Waals surface area contributed by atoms with Crippen molar-refractivity contribution in [3.8, 4) is 11.3 Å². The van der Waals surface area contributed by atoms with E-state index in [1.807, 2.05) is 47.5 Å². The molecule has 5 heteroatoms. The van der Waals surface area contributed by atoms with E-state index >= 15 is 0 Å². The van der Waals surface area contributed by atoms with Crippen LogP contribution in [0, 0.1) is 11.7 Å². The molecule has 0 aliphatic carbocycles. The van der Waals surface area contributed by atoms with E-state index in [4.69, 9.17) is 0 Å². The summed E-state index contributed by atoms with van der Waals surface area (Å²) in [6.45, 7) is 1.39. The Kier molecular flexibility index (Phi) is 3.81. The Bertz CT molecular complexity index is 990. The van der Waals surface area contributed by atoms with Crippen LogP contribution < -0.4 is 0 Å². The van der Waals surface area contributed by atoms with Gasteiger partial charge in [0.15, 0.2) is 0 Å². The second-order valence-electron chi connectivity index (χ2n) is 7.33. The molecule has 1 unspecified atom stereocenters. The summed E-state index contributed by atoms with van der Waals surface area (Å²) in [6.07, 6.45) is 5.33. The minimum absolute atomic E-state index is 0.0346. The van der Waals surface area contributed by atoms with Gasteiger partial charge >= 0.3 is 0 Å². The maximum atomic E-state index is 14.7. The van der Waals surface area contributed by atoms with Crippen LogP contribution in [-0.2, 0) is 0 Å². The number of fused-ring (bicyclic) bond motifs is 3. The average Bonchev–Trinajstić information content (AvgIpc) is 3.30. The molecule has 1 atom stereocenters. The molecule has 27 heavy (non-hydrogen) atoms. The molecule has 3 heterocycles.